The number of primary sulfonamides is 1. The maximum absolute atomic E-state index is 12.6. The van der Waals surface area contributed by atoms with Gasteiger partial charge in [0.05, 0.1) is 10.3 Å². The largest absolute Gasteiger partial charge is 0.356 e. The summed E-state index contributed by atoms with van der Waals surface area (Å²) in [6.45, 7) is 2.65. The molecule has 0 unspecified atom stereocenters. The third-order valence-electron chi connectivity index (χ3n) is 5.79. The van der Waals surface area contributed by atoms with E-state index in [0.717, 1.165) is 40.6 Å². The molecule has 0 aliphatic heterocycles. The predicted octanol–water partition coefficient (Wildman–Crippen LogP) is 2.05. The number of nitrogens with zero attached hydrogens (tertiary/aromatic N) is 1. The zero-order valence-electron chi connectivity index (χ0n) is 17.8. The molecule has 0 spiro atoms. The molecule has 2 aromatic heterocycles. The van der Waals surface area contributed by atoms with Crippen molar-refractivity contribution < 1.29 is 13.2 Å². The number of aryl methyl sites for hydroxylation is 2. The standard InChI is InChI=1S/C22H26N4O4S2/c1-13-2-7-16-17(12-13)31-22-20(16)21(28)25-18(26-22)8-9-19(27)24-11-10-14-3-5-15(6-4-14)32(23,29)30/h3-6,13H,2,7-12H2,1H3,(H,24,27)(H2,23,29,30)(H,25,26,28)/t13-/m0/s1. The molecule has 2 heterocycles. The fourth-order valence-electron chi connectivity index (χ4n) is 4.02. The molecule has 3 aromatic rings. The van der Waals surface area contributed by atoms with Gasteiger partial charge in [0.1, 0.15) is 10.7 Å². The normalized spacial score (nSPS) is 16.1. The van der Waals surface area contributed by atoms with Crippen LogP contribution in [0.5, 0.6) is 0 Å². The number of nitrogens with two attached hydrogens (primary N) is 1. The zero-order chi connectivity index (χ0) is 22.9. The van der Waals surface area contributed by atoms with Crippen molar-refractivity contribution in [3.05, 3.63) is 56.4 Å². The zero-order valence-corrected chi connectivity index (χ0v) is 19.4. The van der Waals surface area contributed by atoms with Crippen LogP contribution >= 0.6 is 11.3 Å². The Labute approximate surface area is 190 Å². The van der Waals surface area contributed by atoms with Gasteiger partial charge in [0.2, 0.25) is 15.9 Å². The SMILES string of the molecule is C[C@H]1CCc2c(sc3nc(CCC(=O)NCCc4ccc(S(N)(=O)=O)cc4)[nH]c(=O)c23)C1. The number of fused-ring (bicyclic) bond motifs is 3. The molecule has 170 valence electrons. The molecule has 1 aliphatic carbocycles. The number of aromatic nitrogens is 2. The first kappa shape index (κ1) is 22.6. The molecule has 32 heavy (non-hydrogen) atoms. The smallest absolute Gasteiger partial charge is 0.259 e. The summed E-state index contributed by atoms with van der Waals surface area (Å²) in [6.07, 6.45) is 4.17. The fourth-order valence-corrected chi connectivity index (χ4v) is 5.94. The van der Waals surface area contributed by atoms with E-state index in [1.165, 1.54) is 17.0 Å². The topological polar surface area (TPSA) is 135 Å². The van der Waals surface area contributed by atoms with E-state index in [2.05, 4.69) is 22.2 Å². The third kappa shape index (κ3) is 5.08. The number of aromatic amines is 1. The minimum atomic E-state index is -3.71. The second-order valence-electron chi connectivity index (χ2n) is 8.33. The number of thiophene rings is 1. The lowest BCUT2D eigenvalue weighted by atomic mass is 9.89. The summed E-state index contributed by atoms with van der Waals surface area (Å²) in [6, 6.07) is 6.26. The monoisotopic (exact) mass is 474 g/mol. The Morgan fingerprint density at radius 2 is 2.03 bits per heavy atom. The Morgan fingerprint density at radius 3 is 2.75 bits per heavy atom. The van der Waals surface area contributed by atoms with Gasteiger partial charge in [-0.05, 0) is 54.9 Å². The quantitative estimate of drug-likeness (QED) is 0.482. The van der Waals surface area contributed by atoms with Gasteiger partial charge in [-0.25, -0.2) is 18.5 Å². The molecule has 1 amide bonds. The lowest BCUT2D eigenvalue weighted by Gasteiger charge is -2.17. The van der Waals surface area contributed by atoms with Crippen molar-refractivity contribution in [3.63, 3.8) is 0 Å². The van der Waals surface area contributed by atoms with Gasteiger partial charge in [-0.1, -0.05) is 19.1 Å². The fraction of sp³-hybridized carbons (Fsp3) is 0.409. The van der Waals surface area contributed by atoms with Gasteiger partial charge in [0.15, 0.2) is 0 Å². The molecule has 1 aliphatic rings. The van der Waals surface area contributed by atoms with Crippen LogP contribution in [0.25, 0.3) is 10.2 Å². The van der Waals surface area contributed by atoms with Gasteiger partial charge in [0.25, 0.3) is 5.56 Å². The van der Waals surface area contributed by atoms with Crippen molar-refractivity contribution in [1.29, 1.82) is 0 Å². The number of carbonyl (C=O) groups excluding carboxylic acids is 1. The summed E-state index contributed by atoms with van der Waals surface area (Å²) in [4.78, 5) is 34.4. The second-order valence-corrected chi connectivity index (χ2v) is 11.0. The Morgan fingerprint density at radius 1 is 1.28 bits per heavy atom. The van der Waals surface area contributed by atoms with Crippen molar-refractivity contribution in [2.45, 2.75) is 50.3 Å². The van der Waals surface area contributed by atoms with E-state index in [-0.39, 0.29) is 22.8 Å². The predicted molar refractivity (Wildman–Crippen MR) is 124 cm³/mol. The maximum Gasteiger partial charge on any atom is 0.259 e. The number of hydrogen-bond donors (Lipinski definition) is 3. The minimum Gasteiger partial charge on any atom is -0.356 e. The van der Waals surface area contributed by atoms with E-state index in [1.54, 1.807) is 23.5 Å². The number of rotatable bonds is 7. The van der Waals surface area contributed by atoms with E-state index in [0.29, 0.717) is 31.1 Å². The number of carbonyl (C=O) groups is 1. The summed E-state index contributed by atoms with van der Waals surface area (Å²) in [5, 5.41) is 8.65. The summed E-state index contributed by atoms with van der Waals surface area (Å²) >= 11 is 1.60. The van der Waals surface area contributed by atoms with E-state index in [4.69, 9.17) is 5.14 Å². The van der Waals surface area contributed by atoms with Crippen LogP contribution < -0.4 is 16.0 Å². The highest BCUT2D eigenvalue weighted by Gasteiger charge is 2.23. The van der Waals surface area contributed by atoms with E-state index >= 15 is 0 Å². The molecule has 4 N–H and O–H groups in total. The van der Waals surface area contributed by atoms with Crippen LogP contribution in [0.15, 0.2) is 34.0 Å². The molecule has 0 saturated carbocycles. The second kappa shape index (κ2) is 9.13. The van der Waals surface area contributed by atoms with Crippen molar-refractivity contribution in [1.82, 2.24) is 15.3 Å². The molecule has 0 saturated heterocycles. The third-order valence-corrected chi connectivity index (χ3v) is 7.87. The number of hydrogen-bond acceptors (Lipinski definition) is 6. The maximum atomic E-state index is 12.6. The van der Waals surface area contributed by atoms with Crippen LogP contribution in [0.3, 0.4) is 0 Å². The molecule has 8 nitrogen and oxygen atoms in total. The highest BCUT2D eigenvalue weighted by molar-refractivity contribution is 7.89. The van der Waals surface area contributed by atoms with Crippen LogP contribution in [-0.2, 0) is 40.5 Å². The summed E-state index contributed by atoms with van der Waals surface area (Å²) in [5.74, 6) is 1.03. The highest BCUT2D eigenvalue weighted by atomic mass is 32.2. The van der Waals surface area contributed by atoms with Crippen molar-refractivity contribution in [3.8, 4) is 0 Å². The number of benzene rings is 1. The minimum absolute atomic E-state index is 0.0600. The van der Waals surface area contributed by atoms with Crippen LogP contribution in [0.4, 0.5) is 0 Å². The highest BCUT2D eigenvalue weighted by Crippen LogP contribution is 2.35. The van der Waals surface area contributed by atoms with E-state index < -0.39 is 10.0 Å². The van der Waals surface area contributed by atoms with E-state index in [9.17, 15) is 18.0 Å². The van der Waals surface area contributed by atoms with Crippen LogP contribution in [0.2, 0.25) is 0 Å². The van der Waals surface area contributed by atoms with Crippen LogP contribution in [-0.4, -0.2) is 30.8 Å². The lowest BCUT2D eigenvalue weighted by molar-refractivity contribution is -0.121. The van der Waals surface area contributed by atoms with Crippen LogP contribution in [0, 0.1) is 5.92 Å². The number of H-pyrrole nitrogens is 1. The van der Waals surface area contributed by atoms with Gasteiger partial charge >= 0.3 is 0 Å². The molecule has 0 radical (unpaired) electrons. The van der Waals surface area contributed by atoms with Gasteiger partial charge in [0, 0.05) is 24.3 Å². The Hall–Kier alpha value is -2.56. The molecule has 1 aromatic carbocycles. The van der Waals surface area contributed by atoms with Gasteiger partial charge in [-0.3, -0.25) is 9.59 Å². The first-order valence-electron chi connectivity index (χ1n) is 10.6. The average Bonchev–Trinajstić information content (AvgIpc) is 3.09. The summed E-state index contributed by atoms with van der Waals surface area (Å²) < 4.78 is 22.6. The van der Waals surface area contributed by atoms with Gasteiger partial charge in [-0.15, -0.1) is 11.3 Å². The lowest BCUT2D eigenvalue weighted by Crippen LogP contribution is -2.26. The van der Waals surface area contributed by atoms with Crippen molar-refractivity contribution in [2.75, 3.05) is 6.54 Å². The van der Waals surface area contributed by atoms with Crippen molar-refractivity contribution in [2.24, 2.45) is 11.1 Å². The summed E-state index contributed by atoms with van der Waals surface area (Å²) in [7, 11) is -3.71. The molecule has 4 rings (SSSR count). The Bertz CT molecular complexity index is 1310. The summed E-state index contributed by atoms with van der Waals surface area (Å²) in [5.41, 5.74) is 1.93. The number of nitrogens with one attached hydrogen (secondary N) is 2. The average molecular weight is 475 g/mol. The molecule has 0 bridgehead atoms. The molecule has 10 heteroatoms. The molecular weight excluding hydrogens is 448 g/mol. The van der Waals surface area contributed by atoms with Gasteiger partial charge < -0.3 is 10.3 Å². The number of amides is 1. The first-order chi connectivity index (χ1) is 15.2. The molecule has 1 atom stereocenters. The molecule has 0 fully saturated rings. The van der Waals surface area contributed by atoms with E-state index in [1.807, 2.05) is 0 Å². The number of sulfonamides is 1. The Balaban J connectivity index is 1.31. The molecular formula is C22H26N4O4S2. The first-order valence-corrected chi connectivity index (χ1v) is 13.0. The van der Waals surface area contributed by atoms with Crippen LogP contribution in [0.1, 0.15) is 41.6 Å². The Kier molecular flexibility index (Phi) is 6.45. The van der Waals surface area contributed by atoms with Crippen molar-refractivity contribution >= 4 is 37.5 Å². The van der Waals surface area contributed by atoms with Gasteiger partial charge in [-0.2, -0.15) is 0 Å².